The van der Waals surface area contributed by atoms with Crippen molar-refractivity contribution < 1.29 is 19.1 Å². The summed E-state index contributed by atoms with van der Waals surface area (Å²) in [5, 5.41) is 0. The van der Waals surface area contributed by atoms with Crippen LogP contribution in [0.4, 0.5) is 0 Å². The third-order valence-corrected chi connectivity index (χ3v) is 4.50. The van der Waals surface area contributed by atoms with Crippen molar-refractivity contribution in [3.8, 4) is 0 Å². The Morgan fingerprint density at radius 1 is 1.17 bits per heavy atom. The summed E-state index contributed by atoms with van der Waals surface area (Å²) in [5.41, 5.74) is 0.694. The second-order valence-electron chi connectivity index (χ2n) is 6.20. The Kier molecular flexibility index (Phi) is 5.51. The largest absolute Gasteiger partial charge is 0.495 e. The molecule has 2 aliphatic heterocycles. The summed E-state index contributed by atoms with van der Waals surface area (Å²) in [6.45, 7) is 2.10. The number of likely N-dealkylation sites (tertiary alicyclic amines) is 1. The third kappa shape index (κ3) is 4.16. The minimum absolute atomic E-state index is 0.0307. The van der Waals surface area contributed by atoms with Crippen LogP contribution in [0.25, 0.3) is 0 Å². The van der Waals surface area contributed by atoms with E-state index in [1.54, 1.807) is 0 Å². The molecule has 128 valence electrons. The number of hydrogen-bond acceptors (Lipinski definition) is 4. The first kappa shape index (κ1) is 16.6. The Balaban J connectivity index is 1.45. The molecule has 0 unspecified atom stereocenters. The number of ether oxygens (including phenoxy) is 2. The van der Waals surface area contributed by atoms with Crippen molar-refractivity contribution in [2.75, 3.05) is 26.3 Å². The highest BCUT2D eigenvalue weighted by Crippen LogP contribution is 2.21. The van der Waals surface area contributed by atoms with Crippen molar-refractivity contribution in [3.05, 3.63) is 47.7 Å². The van der Waals surface area contributed by atoms with Crippen LogP contribution in [-0.4, -0.2) is 43.1 Å². The van der Waals surface area contributed by atoms with E-state index in [1.165, 1.54) is 0 Å². The van der Waals surface area contributed by atoms with Gasteiger partial charge in [-0.2, -0.15) is 0 Å². The predicted molar refractivity (Wildman–Crippen MR) is 89.3 cm³/mol. The number of nitrogens with zero attached hydrogens (tertiary/aromatic N) is 1. The summed E-state index contributed by atoms with van der Waals surface area (Å²) >= 11 is 0. The molecule has 1 amide bonds. The third-order valence-electron chi connectivity index (χ3n) is 4.50. The van der Waals surface area contributed by atoms with Gasteiger partial charge in [0.15, 0.2) is 0 Å². The number of carbonyl (C=O) groups excluding carboxylic acids is 2. The standard InChI is InChI=1S/C19H23NO4/c21-18(15-6-2-1-3-7-15)20-11-9-16(10-12-20)19(22)24-14-17-8-4-5-13-23-17/h1-3,6-8,16H,4-5,9-14H2. The van der Waals surface area contributed by atoms with Gasteiger partial charge in [-0.15, -0.1) is 0 Å². The zero-order valence-corrected chi connectivity index (χ0v) is 13.8. The molecule has 0 saturated carbocycles. The van der Waals surface area contributed by atoms with Gasteiger partial charge in [-0.05, 0) is 43.9 Å². The van der Waals surface area contributed by atoms with E-state index in [9.17, 15) is 9.59 Å². The highest BCUT2D eigenvalue weighted by Gasteiger charge is 2.29. The fraction of sp³-hybridized carbons (Fsp3) is 0.474. The lowest BCUT2D eigenvalue weighted by Gasteiger charge is -2.31. The average molecular weight is 329 g/mol. The number of benzene rings is 1. The summed E-state index contributed by atoms with van der Waals surface area (Å²) < 4.78 is 10.8. The van der Waals surface area contributed by atoms with E-state index in [2.05, 4.69) is 0 Å². The van der Waals surface area contributed by atoms with Crippen LogP contribution in [0.5, 0.6) is 0 Å². The van der Waals surface area contributed by atoms with Gasteiger partial charge in [0.2, 0.25) is 0 Å². The molecule has 3 rings (SSSR count). The van der Waals surface area contributed by atoms with Crippen molar-refractivity contribution in [1.82, 2.24) is 4.90 Å². The topological polar surface area (TPSA) is 55.8 Å². The Labute approximate surface area is 142 Å². The lowest BCUT2D eigenvalue weighted by Crippen LogP contribution is -2.40. The Hall–Kier alpha value is -2.30. The number of hydrogen-bond donors (Lipinski definition) is 0. The number of piperidine rings is 1. The van der Waals surface area contributed by atoms with Crippen LogP contribution in [0.2, 0.25) is 0 Å². The fourth-order valence-electron chi connectivity index (χ4n) is 3.05. The number of amides is 1. The van der Waals surface area contributed by atoms with Crippen LogP contribution in [0.1, 0.15) is 36.0 Å². The van der Waals surface area contributed by atoms with Gasteiger partial charge in [0.25, 0.3) is 5.91 Å². The highest BCUT2D eigenvalue weighted by atomic mass is 16.6. The van der Waals surface area contributed by atoms with E-state index < -0.39 is 0 Å². The maximum atomic E-state index is 12.4. The smallest absolute Gasteiger partial charge is 0.309 e. The van der Waals surface area contributed by atoms with Crippen molar-refractivity contribution in [3.63, 3.8) is 0 Å². The van der Waals surface area contributed by atoms with Crippen LogP contribution in [0, 0.1) is 5.92 Å². The fourth-order valence-corrected chi connectivity index (χ4v) is 3.05. The average Bonchev–Trinajstić information content (AvgIpc) is 2.67. The normalized spacial score (nSPS) is 18.5. The van der Waals surface area contributed by atoms with Crippen LogP contribution < -0.4 is 0 Å². The molecule has 2 heterocycles. The van der Waals surface area contributed by atoms with Crippen LogP contribution in [0.3, 0.4) is 0 Å². The Morgan fingerprint density at radius 2 is 1.92 bits per heavy atom. The first-order chi connectivity index (χ1) is 11.7. The maximum Gasteiger partial charge on any atom is 0.309 e. The van der Waals surface area contributed by atoms with E-state index in [1.807, 2.05) is 41.3 Å². The first-order valence-corrected chi connectivity index (χ1v) is 8.57. The first-order valence-electron chi connectivity index (χ1n) is 8.57. The molecule has 24 heavy (non-hydrogen) atoms. The van der Waals surface area contributed by atoms with Crippen LogP contribution in [0.15, 0.2) is 42.2 Å². The van der Waals surface area contributed by atoms with Crippen LogP contribution >= 0.6 is 0 Å². The lowest BCUT2D eigenvalue weighted by atomic mass is 9.96. The predicted octanol–water partition coefficient (Wildman–Crippen LogP) is 2.78. The van der Waals surface area contributed by atoms with E-state index in [0.717, 1.165) is 18.6 Å². The van der Waals surface area contributed by atoms with Crippen molar-refractivity contribution in [2.45, 2.75) is 25.7 Å². The van der Waals surface area contributed by atoms with Gasteiger partial charge in [-0.1, -0.05) is 18.2 Å². The zero-order valence-electron chi connectivity index (χ0n) is 13.8. The molecule has 1 aromatic rings. The molecule has 0 radical (unpaired) electrons. The molecule has 0 atom stereocenters. The zero-order chi connectivity index (χ0) is 16.8. The van der Waals surface area contributed by atoms with E-state index in [4.69, 9.17) is 9.47 Å². The van der Waals surface area contributed by atoms with Gasteiger partial charge in [0.1, 0.15) is 12.4 Å². The summed E-state index contributed by atoms with van der Waals surface area (Å²) in [7, 11) is 0. The molecule has 5 nitrogen and oxygen atoms in total. The summed E-state index contributed by atoms with van der Waals surface area (Å²) in [5.74, 6) is 0.473. The number of rotatable bonds is 4. The van der Waals surface area contributed by atoms with Gasteiger partial charge in [0.05, 0.1) is 12.5 Å². The molecule has 2 aliphatic rings. The second-order valence-corrected chi connectivity index (χ2v) is 6.20. The van der Waals surface area contributed by atoms with E-state index >= 15 is 0 Å². The monoisotopic (exact) mass is 329 g/mol. The van der Waals surface area contributed by atoms with Gasteiger partial charge < -0.3 is 14.4 Å². The molecule has 0 spiro atoms. The Bertz CT molecular complexity index is 603. The highest BCUT2D eigenvalue weighted by molar-refractivity contribution is 5.94. The van der Waals surface area contributed by atoms with Gasteiger partial charge in [-0.3, -0.25) is 9.59 Å². The lowest BCUT2D eigenvalue weighted by molar-refractivity contribution is -0.150. The number of carbonyl (C=O) groups is 2. The van der Waals surface area contributed by atoms with Crippen molar-refractivity contribution >= 4 is 11.9 Å². The number of esters is 1. The maximum absolute atomic E-state index is 12.4. The minimum atomic E-state index is -0.183. The molecule has 0 N–H and O–H groups in total. The molecule has 0 bridgehead atoms. The van der Waals surface area contributed by atoms with E-state index in [0.29, 0.717) is 38.1 Å². The molecule has 1 fully saturated rings. The Morgan fingerprint density at radius 3 is 2.58 bits per heavy atom. The van der Waals surface area contributed by atoms with E-state index in [-0.39, 0.29) is 24.4 Å². The van der Waals surface area contributed by atoms with Gasteiger partial charge >= 0.3 is 5.97 Å². The molecule has 1 saturated heterocycles. The molecule has 0 aliphatic carbocycles. The number of allylic oxidation sites excluding steroid dienone is 1. The molecule has 1 aromatic carbocycles. The van der Waals surface area contributed by atoms with Gasteiger partial charge in [0, 0.05) is 18.7 Å². The summed E-state index contributed by atoms with van der Waals surface area (Å²) in [4.78, 5) is 26.4. The van der Waals surface area contributed by atoms with Crippen LogP contribution in [-0.2, 0) is 14.3 Å². The second kappa shape index (κ2) is 7.99. The van der Waals surface area contributed by atoms with Crippen molar-refractivity contribution in [2.24, 2.45) is 5.92 Å². The summed E-state index contributed by atoms with van der Waals surface area (Å²) in [6, 6.07) is 9.25. The summed E-state index contributed by atoms with van der Waals surface area (Å²) in [6.07, 6.45) is 5.28. The SMILES string of the molecule is O=C(OCC1=CCCCO1)C1CCN(C(=O)c2ccccc2)CC1. The molecule has 5 heteroatoms. The quantitative estimate of drug-likeness (QED) is 0.797. The minimum Gasteiger partial charge on any atom is -0.495 e. The molecule has 0 aromatic heterocycles. The molecular formula is C19H23NO4. The van der Waals surface area contributed by atoms with Gasteiger partial charge in [-0.25, -0.2) is 0 Å². The molecular weight excluding hydrogens is 306 g/mol. The van der Waals surface area contributed by atoms with Crippen molar-refractivity contribution in [1.29, 1.82) is 0 Å².